The Hall–Kier alpha value is -0.550. The van der Waals surface area contributed by atoms with E-state index in [1.54, 1.807) is 12.2 Å². The van der Waals surface area contributed by atoms with Crippen LogP contribution in [0.4, 0.5) is 0 Å². The molecule has 0 aromatic carbocycles. The van der Waals surface area contributed by atoms with Crippen molar-refractivity contribution in [3.05, 3.63) is 12.2 Å². The summed E-state index contributed by atoms with van der Waals surface area (Å²) < 4.78 is 21.9. The second-order valence-corrected chi connectivity index (χ2v) is 5.52. The fraction of sp³-hybridized carbons (Fsp3) is 0.625. The number of halogens is 1. The minimum Gasteiger partial charge on any atom is -0.352 e. The van der Waals surface area contributed by atoms with Gasteiger partial charge in [0.15, 0.2) is 9.84 Å². The number of sulfone groups is 1. The highest BCUT2D eigenvalue weighted by Gasteiger charge is 2.22. The molecule has 0 heterocycles. The van der Waals surface area contributed by atoms with Crippen LogP contribution >= 0.6 is 11.6 Å². The SMILES string of the molecule is CC(C(=O)NC/C=C/CCl)S(C)(=O)=O. The molecule has 0 saturated carbocycles. The van der Waals surface area contributed by atoms with Gasteiger partial charge in [-0.1, -0.05) is 12.2 Å². The Morgan fingerprint density at radius 2 is 2.07 bits per heavy atom. The Morgan fingerprint density at radius 3 is 2.50 bits per heavy atom. The summed E-state index contributed by atoms with van der Waals surface area (Å²) in [5.41, 5.74) is 0. The van der Waals surface area contributed by atoms with Gasteiger partial charge in [-0.15, -0.1) is 11.6 Å². The molecule has 0 rings (SSSR count). The predicted octanol–water partition coefficient (Wildman–Crippen LogP) is 0.331. The zero-order valence-electron chi connectivity index (χ0n) is 8.16. The molecule has 0 aliphatic heterocycles. The number of rotatable bonds is 5. The van der Waals surface area contributed by atoms with E-state index in [0.717, 1.165) is 6.26 Å². The first kappa shape index (κ1) is 13.4. The standard InChI is InChI=1S/C8H14ClNO3S/c1-7(14(2,12)13)8(11)10-6-4-3-5-9/h3-4,7H,5-6H2,1-2H3,(H,10,11)/b4-3+. The number of carbonyl (C=O) groups is 1. The molecule has 0 bridgehead atoms. The van der Waals surface area contributed by atoms with Gasteiger partial charge in [-0.25, -0.2) is 8.42 Å². The lowest BCUT2D eigenvalue weighted by Gasteiger charge is -2.08. The molecule has 0 aliphatic rings. The Kier molecular flexibility index (Phi) is 5.79. The minimum absolute atomic E-state index is 0.297. The molecule has 0 aliphatic carbocycles. The first-order chi connectivity index (χ1) is 6.39. The number of hydrogen-bond donors (Lipinski definition) is 1. The summed E-state index contributed by atoms with van der Waals surface area (Å²) in [6, 6.07) is 0. The zero-order valence-corrected chi connectivity index (χ0v) is 9.73. The number of amides is 1. The van der Waals surface area contributed by atoms with Gasteiger partial charge in [0.05, 0.1) is 0 Å². The Bertz CT molecular complexity index is 311. The van der Waals surface area contributed by atoms with Crippen LogP contribution in [0.5, 0.6) is 0 Å². The van der Waals surface area contributed by atoms with Crippen LogP contribution in [0, 0.1) is 0 Å². The number of alkyl halides is 1. The summed E-state index contributed by atoms with van der Waals surface area (Å²) in [6.07, 6.45) is 4.37. The monoisotopic (exact) mass is 239 g/mol. The number of allylic oxidation sites excluding steroid dienone is 1. The Balaban J connectivity index is 4.04. The predicted molar refractivity (Wildman–Crippen MR) is 57.2 cm³/mol. The van der Waals surface area contributed by atoms with E-state index in [-0.39, 0.29) is 0 Å². The first-order valence-electron chi connectivity index (χ1n) is 4.07. The highest BCUT2D eigenvalue weighted by molar-refractivity contribution is 7.92. The van der Waals surface area contributed by atoms with Gasteiger partial charge in [0, 0.05) is 18.7 Å². The van der Waals surface area contributed by atoms with Gasteiger partial charge in [0.2, 0.25) is 5.91 Å². The van der Waals surface area contributed by atoms with Crippen molar-refractivity contribution in [2.24, 2.45) is 0 Å². The van der Waals surface area contributed by atoms with Crippen molar-refractivity contribution in [1.82, 2.24) is 5.32 Å². The van der Waals surface area contributed by atoms with E-state index in [9.17, 15) is 13.2 Å². The second-order valence-electron chi connectivity index (χ2n) is 2.84. The van der Waals surface area contributed by atoms with Gasteiger partial charge in [-0.2, -0.15) is 0 Å². The van der Waals surface area contributed by atoms with Crippen molar-refractivity contribution in [2.45, 2.75) is 12.2 Å². The van der Waals surface area contributed by atoms with Crippen molar-refractivity contribution in [3.8, 4) is 0 Å². The topological polar surface area (TPSA) is 63.2 Å². The van der Waals surface area contributed by atoms with Crippen LogP contribution in [0.2, 0.25) is 0 Å². The van der Waals surface area contributed by atoms with Gasteiger partial charge in [-0.05, 0) is 6.92 Å². The molecule has 82 valence electrons. The molecule has 0 saturated heterocycles. The normalized spacial score (nSPS) is 14.2. The lowest BCUT2D eigenvalue weighted by molar-refractivity contribution is -0.120. The van der Waals surface area contributed by atoms with Crippen LogP contribution in [-0.2, 0) is 14.6 Å². The zero-order chi connectivity index (χ0) is 11.2. The van der Waals surface area contributed by atoms with E-state index < -0.39 is 21.0 Å². The van der Waals surface area contributed by atoms with Crippen molar-refractivity contribution in [3.63, 3.8) is 0 Å². The molecule has 0 radical (unpaired) electrons. The average molecular weight is 240 g/mol. The lowest BCUT2D eigenvalue weighted by atomic mass is 10.4. The van der Waals surface area contributed by atoms with E-state index in [1.165, 1.54) is 6.92 Å². The van der Waals surface area contributed by atoms with Crippen LogP contribution in [0.3, 0.4) is 0 Å². The van der Waals surface area contributed by atoms with Crippen LogP contribution < -0.4 is 5.32 Å². The molecule has 0 aromatic heterocycles. The van der Waals surface area contributed by atoms with E-state index in [0.29, 0.717) is 12.4 Å². The molecule has 0 spiro atoms. The maximum atomic E-state index is 11.2. The Morgan fingerprint density at radius 1 is 1.50 bits per heavy atom. The van der Waals surface area contributed by atoms with Gasteiger partial charge in [0.25, 0.3) is 0 Å². The molecule has 6 heteroatoms. The largest absolute Gasteiger partial charge is 0.352 e. The van der Waals surface area contributed by atoms with E-state index in [1.807, 2.05) is 0 Å². The third-order valence-electron chi connectivity index (χ3n) is 1.66. The van der Waals surface area contributed by atoms with Gasteiger partial charge < -0.3 is 5.32 Å². The van der Waals surface area contributed by atoms with E-state index >= 15 is 0 Å². The smallest absolute Gasteiger partial charge is 0.238 e. The van der Waals surface area contributed by atoms with Crippen molar-refractivity contribution in [1.29, 1.82) is 0 Å². The molecule has 14 heavy (non-hydrogen) atoms. The summed E-state index contributed by atoms with van der Waals surface area (Å²) in [5.74, 6) is -0.121. The molecule has 0 aromatic rings. The molecular formula is C8H14ClNO3S. The van der Waals surface area contributed by atoms with Crippen molar-refractivity contribution < 1.29 is 13.2 Å². The summed E-state index contributed by atoms with van der Waals surface area (Å²) in [4.78, 5) is 11.2. The van der Waals surface area contributed by atoms with Gasteiger partial charge in [-0.3, -0.25) is 4.79 Å². The molecular weight excluding hydrogens is 226 g/mol. The number of carbonyl (C=O) groups excluding carboxylic acids is 1. The van der Waals surface area contributed by atoms with Gasteiger partial charge in [0.1, 0.15) is 5.25 Å². The summed E-state index contributed by atoms with van der Waals surface area (Å²) >= 11 is 5.36. The number of nitrogens with one attached hydrogen (secondary N) is 1. The highest BCUT2D eigenvalue weighted by Crippen LogP contribution is 1.96. The first-order valence-corrected chi connectivity index (χ1v) is 6.56. The van der Waals surface area contributed by atoms with Crippen LogP contribution in [0.15, 0.2) is 12.2 Å². The van der Waals surface area contributed by atoms with Crippen LogP contribution in [0.1, 0.15) is 6.92 Å². The summed E-state index contributed by atoms with van der Waals surface area (Å²) in [6.45, 7) is 1.65. The van der Waals surface area contributed by atoms with Crippen molar-refractivity contribution in [2.75, 3.05) is 18.7 Å². The summed E-state index contributed by atoms with van der Waals surface area (Å²) in [5, 5.41) is 1.45. The van der Waals surface area contributed by atoms with Crippen molar-refractivity contribution >= 4 is 27.3 Å². The maximum absolute atomic E-state index is 11.2. The van der Waals surface area contributed by atoms with E-state index in [2.05, 4.69) is 5.32 Å². The fourth-order valence-electron chi connectivity index (χ4n) is 0.644. The molecule has 1 atom stereocenters. The van der Waals surface area contributed by atoms with Crippen LogP contribution in [-0.4, -0.2) is 38.3 Å². The third-order valence-corrected chi connectivity index (χ3v) is 3.34. The molecule has 0 fully saturated rings. The quantitative estimate of drug-likeness (QED) is 0.556. The third kappa shape index (κ3) is 5.24. The number of hydrogen-bond acceptors (Lipinski definition) is 3. The maximum Gasteiger partial charge on any atom is 0.238 e. The molecule has 4 nitrogen and oxygen atoms in total. The van der Waals surface area contributed by atoms with Gasteiger partial charge >= 0.3 is 0 Å². The second kappa shape index (κ2) is 6.03. The minimum atomic E-state index is -3.31. The lowest BCUT2D eigenvalue weighted by Crippen LogP contribution is -2.37. The Labute approximate surface area is 89.2 Å². The fourth-order valence-corrected chi connectivity index (χ4v) is 1.24. The summed E-state index contributed by atoms with van der Waals surface area (Å²) in [7, 11) is -3.31. The molecule has 1 unspecified atom stereocenters. The average Bonchev–Trinajstić information content (AvgIpc) is 2.09. The van der Waals surface area contributed by atoms with E-state index in [4.69, 9.17) is 11.6 Å². The molecule has 1 amide bonds. The van der Waals surface area contributed by atoms with Crippen LogP contribution in [0.25, 0.3) is 0 Å². The highest BCUT2D eigenvalue weighted by atomic mass is 35.5. The molecule has 1 N–H and O–H groups in total.